The van der Waals surface area contributed by atoms with Crippen LogP contribution >= 0.6 is 0 Å². The van der Waals surface area contributed by atoms with Gasteiger partial charge in [-0.3, -0.25) is 19.2 Å². The molecule has 12 heteroatoms. The van der Waals surface area contributed by atoms with Gasteiger partial charge in [-0.05, 0) is 6.42 Å². The van der Waals surface area contributed by atoms with E-state index in [4.69, 9.17) is 21.1 Å². The predicted molar refractivity (Wildman–Crippen MR) is 77.5 cm³/mol. The molecular formula is C12H20N4O8. The van der Waals surface area contributed by atoms with Gasteiger partial charge in [0.1, 0.15) is 12.1 Å². The van der Waals surface area contributed by atoms with E-state index in [0.29, 0.717) is 0 Å². The third kappa shape index (κ3) is 8.65. The van der Waals surface area contributed by atoms with Crippen molar-refractivity contribution in [1.29, 1.82) is 0 Å². The fourth-order valence-corrected chi connectivity index (χ4v) is 1.49. The lowest BCUT2D eigenvalue weighted by Crippen LogP contribution is -2.54. The molecule has 0 aromatic heterocycles. The fraction of sp³-hybridized carbons (Fsp3) is 0.583. The van der Waals surface area contributed by atoms with Gasteiger partial charge >= 0.3 is 11.9 Å². The first kappa shape index (κ1) is 21.3. The molecular weight excluding hydrogens is 328 g/mol. The second-order valence-electron chi connectivity index (χ2n) is 4.62. The maximum Gasteiger partial charge on any atom is 0.328 e. The normalized spacial score (nSPS) is 12.6. The quantitative estimate of drug-likeness (QED) is 0.193. The number of aliphatic hydroxyl groups excluding tert-OH is 1. The van der Waals surface area contributed by atoms with E-state index in [2.05, 4.69) is 10.6 Å². The highest BCUT2D eigenvalue weighted by atomic mass is 16.4. The van der Waals surface area contributed by atoms with Gasteiger partial charge in [0.25, 0.3) is 0 Å². The molecule has 0 radical (unpaired) electrons. The molecule has 2 atom stereocenters. The molecule has 0 aliphatic heterocycles. The Bertz CT molecular complexity index is 495. The Labute approximate surface area is 136 Å². The number of carbonyl (C=O) groups excluding carboxylic acids is 3. The fourth-order valence-electron chi connectivity index (χ4n) is 1.49. The van der Waals surface area contributed by atoms with Crippen molar-refractivity contribution in [3.8, 4) is 0 Å². The predicted octanol–water partition coefficient (Wildman–Crippen LogP) is -4.03. The summed E-state index contributed by atoms with van der Waals surface area (Å²) < 4.78 is 0. The number of rotatable bonds is 11. The number of hydrogen-bond acceptors (Lipinski definition) is 7. The molecule has 0 aromatic rings. The van der Waals surface area contributed by atoms with Crippen molar-refractivity contribution in [3.05, 3.63) is 0 Å². The SMILES string of the molecule is NCC(=O)NCC(=O)NC(CCC(=O)O)C(=O)NC(CO)C(=O)O. The zero-order valence-corrected chi connectivity index (χ0v) is 12.7. The van der Waals surface area contributed by atoms with Gasteiger partial charge in [0.2, 0.25) is 17.7 Å². The summed E-state index contributed by atoms with van der Waals surface area (Å²) in [4.78, 5) is 55.9. The van der Waals surface area contributed by atoms with Gasteiger partial charge in [-0.1, -0.05) is 0 Å². The van der Waals surface area contributed by atoms with E-state index < -0.39 is 61.3 Å². The maximum atomic E-state index is 12.0. The summed E-state index contributed by atoms with van der Waals surface area (Å²) >= 11 is 0. The highest BCUT2D eigenvalue weighted by Crippen LogP contribution is 1.99. The molecule has 3 amide bonds. The molecule has 136 valence electrons. The molecule has 0 aromatic carbocycles. The number of aliphatic hydroxyl groups is 1. The second-order valence-corrected chi connectivity index (χ2v) is 4.62. The van der Waals surface area contributed by atoms with Crippen LogP contribution in [0.5, 0.6) is 0 Å². The van der Waals surface area contributed by atoms with Crippen molar-refractivity contribution in [2.24, 2.45) is 5.73 Å². The van der Waals surface area contributed by atoms with Gasteiger partial charge < -0.3 is 37.0 Å². The molecule has 0 aliphatic carbocycles. The van der Waals surface area contributed by atoms with E-state index >= 15 is 0 Å². The average Bonchev–Trinajstić information content (AvgIpc) is 2.53. The number of hydrogen-bond donors (Lipinski definition) is 7. The summed E-state index contributed by atoms with van der Waals surface area (Å²) in [6.07, 6.45) is -0.778. The Morgan fingerprint density at radius 1 is 0.958 bits per heavy atom. The highest BCUT2D eigenvalue weighted by Gasteiger charge is 2.26. The Balaban J connectivity index is 4.79. The molecule has 0 fully saturated rings. The largest absolute Gasteiger partial charge is 0.481 e. The monoisotopic (exact) mass is 348 g/mol. The molecule has 2 unspecified atom stereocenters. The summed E-state index contributed by atoms with van der Waals surface area (Å²) in [6.45, 7) is -1.71. The van der Waals surface area contributed by atoms with Crippen LogP contribution in [0.2, 0.25) is 0 Å². The summed E-state index contributed by atoms with van der Waals surface area (Å²) in [5.41, 5.74) is 5.03. The Morgan fingerprint density at radius 3 is 2.04 bits per heavy atom. The molecule has 8 N–H and O–H groups in total. The van der Waals surface area contributed by atoms with E-state index in [0.717, 1.165) is 0 Å². The first-order chi connectivity index (χ1) is 11.2. The molecule has 24 heavy (non-hydrogen) atoms. The lowest BCUT2D eigenvalue weighted by molar-refractivity contribution is -0.144. The molecule has 0 saturated heterocycles. The highest BCUT2D eigenvalue weighted by molar-refractivity contribution is 5.92. The second kappa shape index (κ2) is 10.9. The Morgan fingerprint density at radius 2 is 1.58 bits per heavy atom. The molecule has 0 heterocycles. The first-order valence-electron chi connectivity index (χ1n) is 6.83. The topological polar surface area (TPSA) is 208 Å². The molecule has 0 spiro atoms. The van der Waals surface area contributed by atoms with Gasteiger partial charge in [-0.15, -0.1) is 0 Å². The number of nitrogens with two attached hydrogens (primary N) is 1. The Kier molecular flexibility index (Phi) is 9.67. The lowest BCUT2D eigenvalue weighted by Gasteiger charge is -2.20. The summed E-state index contributed by atoms with van der Waals surface area (Å²) in [5, 5.41) is 32.6. The third-order valence-corrected chi connectivity index (χ3v) is 2.73. The van der Waals surface area contributed by atoms with Gasteiger partial charge in [0.05, 0.1) is 19.7 Å². The average molecular weight is 348 g/mol. The number of carboxylic acid groups (broad SMARTS) is 2. The van der Waals surface area contributed by atoms with Crippen LogP contribution in [0.3, 0.4) is 0 Å². The van der Waals surface area contributed by atoms with Gasteiger partial charge in [-0.25, -0.2) is 4.79 Å². The van der Waals surface area contributed by atoms with Gasteiger partial charge in [0.15, 0.2) is 0 Å². The molecule has 12 nitrogen and oxygen atoms in total. The van der Waals surface area contributed by atoms with Crippen molar-refractivity contribution in [2.75, 3.05) is 19.7 Å². The molecule has 0 rings (SSSR count). The van der Waals surface area contributed by atoms with E-state index in [-0.39, 0.29) is 13.0 Å². The van der Waals surface area contributed by atoms with Crippen LogP contribution in [0.1, 0.15) is 12.8 Å². The van der Waals surface area contributed by atoms with Gasteiger partial charge in [-0.2, -0.15) is 0 Å². The number of carboxylic acids is 2. The van der Waals surface area contributed by atoms with E-state index in [1.165, 1.54) is 0 Å². The van der Waals surface area contributed by atoms with E-state index in [1.54, 1.807) is 0 Å². The van der Waals surface area contributed by atoms with Crippen molar-refractivity contribution in [1.82, 2.24) is 16.0 Å². The van der Waals surface area contributed by atoms with E-state index in [1.807, 2.05) is 5.32 Å². The molecule has 0 aliphatic rings. The van der Waals surface area contributed by atoms with Crippen molar-refractivity contribution >= 4 is 29.7 Å². The van der Waals surface area contributed by atoms with Crippen LogP contribution in [-0.2, 0) is 24.0 Å². The lowest BCUT2D eigenvalue weighted by atomic mass is 10.1. The van der Waals surface area contributed by atoms with E-state index in [9.17, 15) is 24.0 Å². The Hall–Kier alpha value is -2.73. The summed E-state index contributed by atoms with van der Waals surface area (Å²) in [6, 6.07) is -2.95. The van der Waals surface area contributed by atoms with Crippen LogP contribution in [-0.4, -0.2) is 76.8 Å². The smallest absolute Gasteiger partial charge is 0.328 e. The minimum Gasteiger partial charge on any atom is -0.481 e. The molecule has 0 saturated carbocycles. The van der Waals surface area contributed by atoms with Crippen LogP contribution in [0.15, 0.2) is 0 Å². The summed E-state index contributed by atoms with van der Waals surface area (Å²) in [5.74, 6) is -5.10. The van der Waals surface area contributed by atoms with Crippen LogP contribution in [0.4, 0.5) is 0 Å². The van der Waals surface area contributed by atoms with Crippen LogP contribution in [0.25, 0.3) is 0 Å². The third-order valence-electron chi connectivity index (χ3n) is 2.73. The standard InChI is InChI=1S/C12H20N4O8/c13-3-8(18)14-4-9(19)15-6(1-2-10(20)21)11(22)16-7(5-17)12(23)24/h6-7,17H,1-5,13H2,(H,14,18)(H,15,19)(H,16,22)(H,20,21)(H,23,24). The number of aliphatic carboxylic acids is 2. The zero-order valence-electron chi connectivity index (χ0n) is 12.7. The minimum atomic E-state index is -1.60. The van der Waals surface area contributed by atoms with Crippen molar-refractivity contribution in [2.45, 2.75) is 24.9 Å². The number of amides is 3. The van der Waals surface area contributed by atoms with Crippen molar-refractivity contribution < 1.29 is 39.3 Å². The zero-order chi connectivity index (χ0) is 18.7. The minimum absolute atomic E-state index is 0.310. The van der Waals surface area contributed by atoms with Gasteiger partial charge in [0, 0.05) is 6.42 Å². The van der Waals surface area contributed by atoms with Crippen LogP contribution < -0.4 is 21.7 Å². The summed E-state index contributed by atoms with van der Waals surface area (Å²) in [7, 11) is 0. The van der Waals surface area contributed by atoms with Crippen molar-refractivity contribution in [3.63, 3.8) is 0 Å². The number of nitrogens with one attached hydrogen (secondary N) is 3. The first-order valence-corrected chi connectivity index (χ1v) is 6.83. The molecule has 0 bridgehead atoms. The number of carbonyl (C=O) groups is 5. The van der Waals surface area contributed by atoms with Crippen LogP contribution in [0, 0.1) is 0 Å². The maximum absolute atomic E-state index is 12.0.